The summed E-state index contributed by atoms with van der Waals surface area (Å²) in [4.78, 5) is 6.37. The van der Waals surface area contributed by atoms with E-state index in [0.717, 1.165) is 18.7 Å². The molecule has 1 atom stereocenters. The molecule has 1 aromatic carbocycles. The SMILES string of the molecule is C[C@@H](c1ccc(-c2cc(CO)ncc2F)cc1)N1CCCCC1. The van der Waals surface area contributed by atoms with E-state index in [1.54, 1.807) is 6.07 Å². The largest absolute Gasteiger partial charge is 0.390 e. The highest BCUT2D eigenvalue weighted by atomic mass is 19.1. The third-order valence-electron chi connectivity index (χ3n) is 4.72. The fourth-order valence-corrected chi connectivity index (χ4v) is 3.25. The summed E-state index contributed by atoms with van der Waals surface area (Å²) < 4.78 is 14.0. The van der Waals surface area contributed by atoms with E-state index in [9.17, 15) is 9.50 Å². The van der Waals surface area contributed by atoms with Crippen molar-refractivity contribution in [2.24, 2.45) is 0 Å². The quantitative estimate of drug-likeness (QED) is 0.929. The summed E-state index contributed by atoms with van der Waals surface area (Å²) in [5, 5.41) is 9.17. The Morgan fingerprint density at radius 1 is 1.17 bits per heavy atom. The maximum Gasteiger partial charge on any atom is 0.149 e. The summed E-state index contributed by atoms with van der Waals surface area (Å²) in [6, 6.07) is 10.1. The van der Waals surface area contributed by atoms with Gasteiger partial charge in [0, 0.05) is 11.6 Å². The molecule has 2 aromatic rings. The van der Waals surface area contributed by atoms with Crippen molar-refractivity contribution in [2.45, 2.75) is 38.8 Å². The third kappa shape index (κ3) is 3.59. The molecular formula is C19H23FN2O. The van der Waals surface area contributed by atoms with Gasteiger partial charge >= 0.3 is 0 Å². The molecule has 0 radical (unpaired) electrons. The molecule has 0 amide bonds. The van der Waals surface area contributed by atoms with Crippen molar-refractivity contribution in [1.82, 2.24) is 9.88 Å². The van der Waals surface area contributed by atoms with Crippen LogP contribution in [-0.2, 0) is 6.61 Å². The second-order valence-corrected chi connectivity index (χ2v) is 6.21. The van der Waals surface area contributed by atoms with Crippen LogP contribution in [0.3, 0.4) is 0 Å². The zero-order valence-electron chi connectivity index (χ0n) is 13.5. The first-order valence-corrected chi connectivity index (χ1v) is 8.28. The second-order valence-electron chi connectivity index (χ2n) is 6.21. The third-order valence-corrected chi connectivity index (χ3v) is 4.72. The minimum absolute atomic E-state index is 0.183. The minimum Gasteiger partial charge on any atom is -0.390 e. The van der Waals surface area contributed by atoms with E-state index in [-0.39, 0.29) is 12.4 Å². The highest BCUT2D eigenvalue weighted by molar-refractivity contribution is 5.64. The Hall–Kier alpha value is -1.78. The number of hydrogen-bond donors (Lipinski definition) is 1. The molecule has 23 heavy (non-hydrogen) atoms. The van der Waals surface area contributed by atoms with E-state index in [4.69, 9.17) is 0 Å². The molecule has 1 fully saturated rings. The predicted molar refractivity (Wildman–Crippen MR) is 89.4 cm³/mol. The van der Waals surface area contributed by atoms with Crippen LogP contribution in [0.15, 0.2) is 36.5 Å². The fraction of sp³-hybridized carbons (Fsp3) is 0.421. The van der Waals surface area contributed by atoms with E-state index in [0.29, 0.717) is 17.3 Å². The Morgan fingerprint density at radius 3 is 2.52 bits per heavy atom. The number of benzene rings is 1. The number of aromatic nitrogens is 1. The minimum atomic E-state index is -0.362. The van der Waals surface area contributed by atoms with Crippen molar-refractivity contribution in [1.29, 1.82) is 0 Å². The van der Waals surface area contributed by atoms with Crippen molar-refractivity contribution in [3.05, 3.63) is 53.6 Å². The monoisotopic (exact) mass is 314 g/mol. The van der Waals surface area contributed by atoms with Gasteiger partial charge in [0.2, 0.25) is 0 Å². The molecule has 1 aliphatic rings. The predicted octanol–water partition coefficient (Wildman–Crippen LogP) is 3.93. The van der Waals surface area contributed by atoms with Crippen LogP contribution < -0.4 is 0 Å². The molecule has 1 N–H and O–H groups in total. The summed E-state index contributed by atoms with van der Waals surface area (Å²) in [6.07, 6.45) is 5.05. The summed E-state index contributed by atoms with van der Waals surface area (Å²) in [7, 11) is 0. The van der Waals surface area contributed by atoms with E-state index >= 15 is 0 Å². The van der Waals surface area contributed by atoms with E-state index in [2.05, 4.69) is 28.9 Å². The van der Waals surface area contributed by atoms with Gasteiger partial charge in [-0.15, -0.1) is 0 Å². The average molecular weight is 314 g/mol. The lowest BCUT2D eigenvalue weighted by Gasteiger charge is -2.32. The Balaban J connectivity index is 1.81. The van der Waals surface area contributed by atoms with E-state index < -0.39 is 0 Å². The van der Waals surface area contributed by atoms with Crippen molar-refractivity contribution in [3.8, 4) is 11.1 Å². The van der Waals surface area contributed by atoms with Gasteiger partial charge in [-0.2, -0.15) is 0 Å². The molecule has 1 aromatic heterocycles. The van der Waals surface area contributed by atoms with Crippen LogP contribution >= 0.6 is 0 Å². The summed E-state index contributed by atoms with van der Waals surface area (Å²) in [5.41, 5.74) is 3.04. The zero-order chi connectivity index (χ0) is 16.2. The second kappa shape index (κ2) is 7.20. The standard InChI is InChI=1S/C19H23FN2O/c1-14(22-9-3-2-4-10-22)15-5-7-16(8-6-15)18-11-17(13-23)21-12-19(18)20/h5-8,11-12,14,23H,2-4,9-10,13H2,1H3/t14-/m0/s1. The van der Waals surface area contributed by atoms with Crippen LogP contribution in [0.2, 0.25) is 0 Å². The normalized spacial score (nSPS) is 17.2. The first-order chi connectivity index (χ1) is 11.2. The number of hydrogen-bond acceptors (Lipinski definition) is 3. The topological polar surface area (TPSA) is 36.4 Å². The molecule has 122 valence electrons. The van der Waals surface area contributed by atoms with Crippen molar-refractivity contribution in [2.75, 3.05) is 13.1 Å². The number of likely N-dealkylation sites (tertiary alicyclic amines) is 1. The van der Waals surface area contributed by atoms with E-state index in [1.165, 1.54) is 31.0 Å². The van der Waals surface area contributed by atoms with Crippen molar-refractivity contribution >= 4 is 0 Å². The van der Waals surface area contributed by atoms with Crippen LogP contribution in [0.5, 0.6) is 0 Å². The molecule has 3 rings (SSSR count). The van der Waals surface area contributed by atoms with Crippen molar-refractivity contribution < 1.29 is 9.50 Å². The van der Waals surface area contributed by atoms with Crippen molar-refractivity contribution in [3.63, 3.8) is 0 Å². The number of pyridine rings is 1. The highest BCUT2D eigenvalue weighted by Crippen LogP contribution is 2.28. The lowest BCUT2D eigenvalue weighted by atomic mass is 9.99. The molecule has 4 heteroatoms. The molecule has 0 bridgehead atoms. The maximum absolute atomic E-state index is 14.0. The molecule has 3 nitrogen and oxygen atoms in total. The molecule has 0 saturated carbocycles. The summed E-state index contributed by atoms with van der Waals surface area (Å²) >= 11 is 0. The van der Waals surface area contributed by atoms with Gasteiger partial charge in [0.05, 0.1) is 18.5 Å². The molecule has 0 aliphatic carbocycles. The maximum atomic E-state index is 14.0. The molecule has 0 unspecified atom stereocenters. The smallest absolute Gasteiger partial charge is 0.149 e. The fourth-order valence-electron chi connectivity index (χ4n) is 3.25. The van der Waals surface area contributed by atoms with Gasteiger partial charge in [0.25, 0.3) is 0 Å². The Bertz CT molecular complexity index is 651. The number of piperidine rings is 1. The first kappa shape index (κ1) is 16.1. The van der Waals surface area contributed by atoms with Gasteiger partial charge in [0.15, 0.2) is 0 Å². The number of halogens is 1. The Kier molecular flexibility index (Phi) is 5.03. The first-order valence-electron chi connectivity index (χ1n) is 8.28. The molecule has 2 heterocycles. The van der Waals surface area contributed by atoms with Gasteiger partial charge < -0.3 is 5.11 Å². The summed E-state index contributed by atoms with van der Waals surface area (Å²) in [6.45, 7) is 4.36. The summed E-state index contributed by atoms with van der Waals surface area (Å²) in [5.74, 6) is -0.362. The van der Waals surface area contributed by atoms with Gasteiger partial charge in [-0.3, -0.25) is 9.88 Å². The molecule has 1 aliphatic heterocycles. The number of aliphatic hydroxyl groups excluding tert-OH is 1. The molecule has 1 saturated heterocycles. The lowest BCUT2D eigenvalue weighted by molar-refractivity contribution is 0.175. The number of rotatable bonds is 4. The number of nitrogens with zero attached hydrogens (tertiary/aromatic N) is 2. The van der Waals surface area contributed by atoms with E-state index in [1.807, 2.05) is 12.1 Å². The Labute approximate surface area is 136 Å². The van der Waals surface area contributed by atoms with Gasteiger partial charge in [-0.1, -0.05) is 30.7 Å². The van der Waals surface area contributed by atoms with Gasteiger partial charge in [-0.05, 0) is 50.0 Å². The lowest BCUT2D eigenvalue weighted by Crippen LogP contribution is -2.32. The van der Waals surface area contributed by atoms with Gasteiger partial charge in [-0.25, -0.2) is 4.39 Å². The van der Waals surface area contributed by atoms with Crippen LogP contribution in [0.4, 0.5) is 4.39 Å². The van der Waals surface area contributed by atoms with Crippen LogP contribution in [0, 0.1) is 5.82 Å². The van der Waals surface area contributed by atoms with Crippen LogP contribution in [0.1, 0.15) is 43.5 Å². The van der Waals surface area contributed by atoms with Crippen LogP contribution in [-0.4, -0.2) is 28.1 Å². The average Bonchev–Trinajstić information content (AvgIpc) is 2.62. The van der Waals surface area contributed by atoms with Gasteiger partial charge in [0.1, 0.15) is 5.82 Å². The Morgan fingerprint density at radius 2 is 1.87 bits per heavy atom. The zero-order valence-corrected chi connectivity index (χ0v) is 13.5. The number of aliphatic hydroxyl groups is 1. The molecular weight excluding hydrogens is 291 g/mol. The van der Waals surface area contributed by atoms with Crippen LogP contribution in [0.25, 0.3) is 11.1 Å². The highest BCUT2D eigenvalue weighted by Gasteiger charge is 2.18. The molecule has 0 spiro atoms.